The van der Waals surface area contributed by atoms with Crippen LogP contribution in [0.2, 0.25) is 0 Å². The van der Waals surface area contributed by atoms with Crippen LogP contribution in [0.15, 0.2) is 0 Å². The Hall–Kier alpha value is -0.770. The highest BCUT2D eigenvalue weighted by Crippen LogP contribution is 1.89. The highest BCUT2D eigenvalue weighted by Gasteiger charge is 2.03. The molecule has 0 saturated heterocycles. The van der Waals surface area contributed by atoms with Crippen LogP contribution < -0.4 is 11.2 Å². The van der Waals surface area contributed by atoms with E-state index >= 15 is 0 Å². The third kappa shape index (κ3) is 3.29. The van der Waals surface area contributed by atoms with Gasteiger partial charge in [-0.25, -0.2) is 10.2 Å². The Labute approximate surface area is 61.3 Å². The van der Waals surface area contributed by atoms with Gasteiger partial charge in [0.05, 0.1) is 0 Å². The molecule has 0 radical (unpaired) electrons. The molecule has 0 aromatic rings. The monoisotopic (exact) mass is 145 g/mol. The number of nitrogens with zero attached hydrogens (tertiary/aromatic N) is 1. The SMILES string of the molecule is CCCCN(NC)C(N)=O. The number of carbonyl (C=O) groups is 1. The van der Waals surface area contributed by atoms with Crippen molar-refractivity contribution in [2.45, 2.75) is 19.8 Å². The second-order valence-electron chi connectivity index (χ2n) is 2.07. The largest absolute Gasteiger partial charge is 0.350 e. The third-order valence-corrected chi connectivity index (χ3v) is 1.27. The number of hydrogen-bond acceptors (Lipinski definition) is 2. The minimum absolute atomic E-state index is 0.420. The molecule has 0 rings (SSSR count). The first-order valence-corrected chi connectivity index (χ1v) is 3.46. The number of amides is 2. The molecule has 0 heterocycles. The van der Waals surface area contributed by atoms with Crippen molar-refractivity contribution >= 4 is 6.03 Å². The molecular formula is C6H15N3O. The van der Waals surface area contributed by atoms with Gasteiger partial charge in [0, 0.05) is 13.6 Å². The zero-order chi connectivity index (χ0) is 7.98. The number of primary amides is 1. The fourth-order valence-electron chi connectivity index (χ4n) is 0.648. The average molecular weight is 145 g/mol. The summed E-state index contributed by atoms with van der Waals surface area (Å²) in [6.45, 7) is 2.75. The Balaban J connectivity index is 3.50. The standard InChI is InChI=1S/C6H15N3O/c1-3-4-5-9(8-2)6(7)10/h8H,3-5H2,1-2H3,(H2,7,10). The summed E-state index contributed by atoms with van der Waals surface area (Å²) in [5.74, 6) is 0. The number of hydrazine groups is 1. The van der Waals surface area contributed by atoms with Gasteiger partial charge in [0.2, 0.25) is 0 Å². The summed E-state index contributed by atoms with van der Waals surface area (Å²) in [6, 6.07) is -0.420. The van der Waals surface area contributed by atoms with Crippen LogP contribution >= 0.6 is 0 Å². The highest BCUT2D eigenvalue weighted by molar-refractivity contribution is 5.71. The summed E-state index contributed by atoms with van der Waals surface area (Å²) in [5.41, 5.74) is 7.71. The number of carbonyl (C=O) groups excluding carboxylic acids is 1. The molecule has 0 aliphatic carbocycles. The molecule has 0 aromatic heterocycles. The minimum atomic E-state index is -0.420. The number of rotatable bonds is 4. The van der Waals surface area contributed by atoms with Gasteiger partial charge >= 0.3 is 6.03 Å². The molecule has 60 valence electrons. The molecule has 0 atom stereocenters. The normalized spacial score (nSPS) is 9.40. The Morgan fingerprint density at radius 3 is 2.60 bits per heavy atom. The predicted octanol–water partition coefficient (Wildman–Crippen LogP) is 0.302. The lowest BCUT2D eigenvalue weighted by atomic mass is 10.3. The fourth-order valence-corrected chi connectivity index (χ4v) is 0.648. The summed E-state index contributed by atoms with van der Waals surface area (Å²) in [4.78, 5) is 10.5. The number of nitrogens with two attached hydrogens (primary N) is 1. The van der Waals surface area contributed by atoms with Crippen LogP contribution in [0.3, 0.4) is 0 Å². The summed E-state index contributed by atoms with van der Waals surface area (Å²) >= 11 is 0. The van der Waals surface area contributed by atoms with Crippen molar-refractivity contribution in [3.8, 4) is 0 Å². The predicted molar refractivity (Wildman–Crippen MR) is 40.3 cm³/mol. The molecule has 0 spiro atoms. The van der Waals surface area contributed by atoms with Crippen molar-refractivity contribution in [3.63, 3.8) is 0 Å². The van der Waals surface area contributed by atoms with E-state index < -0.39 is 6.03 Å². The van der Waals surface area contributed by atoms with E-state index in [0.717, 1.165) is 12.8 Å². The molecule has 3 N–H and O–H groups in total. The molecule has 2 amide bonds. The minimum Gasteiger partial charge on any atom is -0.350 e. The Morgan fingerprint density at radius 2 is 2.30 bits per heavy atom. The summed E-state index contributed by atoms with van der Waals surface area (Å²) in [5, 5.41) is 1.39. The number of hydrogen-bond donors (Lipinski definition) is 2. The van der Waals surface area contributed by atoms with Crippen molar-refractivity contribution in [3.05, 3.63) is 0 Å². The molecule has 0 aliphatic rings. The van der Waals surface area contributed by atoms with E-state index in [1.165, 1.54) is 5.01 Å². The molecule has 0 fully saturated rings. The van der Waals surface area contributed by atoms with E-state index in [1.54, 1.807) is 7.05 Å². The second-order valence-corrected chi connectivity index (χ2v) is 2.07. The van der Waals surface area contributed by atoms with Crippen LogP contribution in [0, 0.1) is 0 Å². The van der Waals surface area contributed by atoms with E-state index in [-0.39, 0.29) is 0 Å². The van der Waals surface area contributed by atoms with Crippen molar-refractivity contribution in [2.24, 2.45) is 5.73 Å². The lowest BCUT2D eigenvalue weighted by molar-refractivity contribution is 0.186. The Kier molecular flexibility index (Phi) is 4.66. The average Bonchev–Trinajstić information content (AvgIpc) is 1.89. The van der Waals surface area contributed by atoms with Crippen LogP contribution in [0.4, 0.5) is 4.79 Å². The summed E-state index contributed by atoms with van der Waals surface area (Å²) in [6.07, 6.45) is 2.04. The molecule has 0 bridgehead atoms. The van der Waals surface area contributed by atoms with Gasteiger partial charge in [-0.1, -0.05) is 13.3 Å². The number of unbranched alkanes of at least 4 members (excludes halogenated alkanes) is 1. The Morgan fingerprint density at radius 1 is 1.70 bits per heavy atom. The van der Waals surface area contributed by atoms with E-state index in [2.05, 4.69) is 12.3 Å². The Bertz CT molecular complexity index is 105. The smallest absolute Gasteiger partial charge is 0.329 e. The molecule has 4 nitrogen and oxygen atoms in total. The van der Waals surface area contributed by atoms with Crippen molar-refractivity contribution < 1.29 is 4.79 Å². The maximum atomic E-state index is 10.5. The van der Waals surface area contributed by atoms with Crippen LogP contribution in [0.25, 0.3) is 0 Å². The van der Waals surface area contributed by atoms with Gasteiger partial charge in [0.25, 0.3) is 0 Å². The molecule has 4 heteroatoms. The zero-order valence-corrected chi connectivity index (χ0v) is 6.55. The first-order chi connectivity index (χ1) is 4.72. The van der Waals surface area contributed by atoms with Gasteiger partial charge in [-0.15, -0.1) is 0 Å². The topological polar surface area (TPSA) is 58.4 Å². The van der Waals surface area contributed by atoms with E-state index in [9.17, 15) is 4.79 Å². The van der Waals surface area contributed by atoms with Gasteiger partial charge < -0.3 is 5.73 Å². The highest BCUT2D eigenvalue weighted by atomic mass is 16.2. The molecular weight excluding hydrogens is 130 g/mol. The number of urea groups is 1. The van der Waals surface area contributed by atoms with E-state index in [1.807, 2.05) is 0 Å². The van der Waals surface area contributed by atoms with Gasteiger partial charge in [0.15, 0.2) is 0 Å². The molecule has 0 unspecified atom stereocenters. The van der Waals surface area contributed by atoms with Crippen LogP contribution in [-0.4, -0.2) is 24.6 Å². The molecule has 0 aliphatic heterocycles. The molecule has 10 heavy (non-hydrogen) atoms. The lowest BCUT2D eigenvalue weighted by Crippen LogP contribution is -2.44. The maximum Gasteiger partial charge on any atom is 0.329 e. The first kappa shape index (κ1) is 9.23. The van der Waals surface area contributed by atoms with Gasteiger partial charge in [-0.3, -0.25) is 5.01 Å². The van der Waals surface area contributed by atoms with E-state index in [4.69, 9.17) is 5.73 Å². The molecule has 0 saturated carbocycles. The fraction of sp³-hybridized carbons (Fsp3) is 0.833. The zero-order valence-electron chi connectivity index (χ0n) is 6.55. The van der Waals surface area contributed by atoms with Crippen LogP contribution in [0.1, 0.15) is 19.8 Å². The van der Waals surface area contributed by atoms with Crippen LogP contribution in [0.5, 0.6) is 0 Å². The molecule has 0 aromatic carbocycles. The quantitative estimate of drug-likeness (QED) is 0.559. The lowest BCUT2D eigenvalue weighted by Gasteiger charge is -2.17. The summed E-state index contributed by atoms with van der Waals surface area (Å²) in [7, 11) is 1.68. The third-order valence-electron chi connectivity index (χ3n) is 1.27. The maximum absolute atomic E-state index is 10.5. The van der Waals surface area contributed by atoms with Gasteiger partial charge in [-0.05, 0) is 6.42 Å². The number of nitrogens with one attached hydrogen (secondary N) is 1. The summed E-state index contributed by atoms with van der Waals surface area (Å²) < 4.78 is 0. The van der Waals surface area contributed by atoms with Gasteiger partial charge in [-0.2, -0.15) is 0 Å². The van der Waals surface area contributed by atoms with Crippen LogP contribution in [-0.2, 0) is 0 Å². The van der Waals surface area contributed by atoms with E-state index in [0.29, 0.717) is 6.54 Å². The van der Waals surface area contributed by atoms with Crippen molar-refractivity contribution in [1.29, 1.82) is 0 Å². The van der Waals surface area contributed by atoms with Crippen molar-refractivity contribution in [2.75, 3.05) is 13.6 Å². The second kappa shape index (κ2) is 5.05. The first-order valence-electron chi connectivity index (χ1n) is 3.46. The van der Waals surface area contributed by atoms with Crippen molar-refractivity contribution in [1.82, 2.24) is 10.4 Å². The van der Waals surface area contributed by atoms with Gasteiger partial charge in [0.1, 0.15) is 0 Å².